The summed E-state index contributed by atoms with van der Waals surface area (Å²) in [4.78, 5) is 20.7. The normalized spacial score (nSPS) is 10.9. The molecule has 0 spiro atoms. The van der Waals surface area contributed by atoms with E-state index in [2.05, 4.69) is 18.9 Å². The Bertz CT molecular complexity index is 424. The summed E-state index contributed by atoms with van der Waals surface area (Å²) in [6.07, 6.45) is 2.04. The maximum absolute atomic E-state index is 10.8. The van der Waals surface area contributed by atoms with Crippen molar-refractivity contribution in [3.8, 4) is 0 Å². The minimum atomic E-state index is -1.41. The monoisotopic (exact) mass is 271 g/mol. The Labute approximate surface area is 110 Å². The standard InChI is InChI=1S/C11H17N3O5/c1-8(2)3-5-19-6-4-13-7-9(14(17)18)10(12-13)11(15)16/h7-8H,3-6H2,1-2H3,(H,15,16). The van der Waals surface area contributed by atoms with Gasteiger partial charge in [-0.25, -0.2) is 4.79 Å². The third-order valence-corrected chi connectivity index (χ3v) is 2.45. The zero-order valence-electron chi connectivity index (χ0n) is 10.9. The van der Waals surface area contributed by atoms with Gasteiger partial charge in [-0.15, -0.1) is 0 Å². The first kappa shape index (κ1) is 15.1. The number of aromatic nitrogens is 2. The molecule has 0 unspecified atom stereocenters. The minimum absolute atomic E-state index is 0.284. The fraction of sp³-hybridized carbons (Fsp3) is 0.636. The molecule has 1 aromatic heterocycles. The summed E-state index contributed by atoms with van der Waals surface area (Å²) in [5, 5.41) is 23.1. The molecular formula is C11H17N3O5. The lowest BCUT2D eigenvalue weighted by Crippen LogP contribution is -2.09. The van der Waals surface area contributed by atoms with Crippen LogP contribution in [0.5, 0.6) is 0 Å². The summed E-state index contributed by atoms with van der Waals surface area (Å²) in [5.41, 5.74) is -1.05. The first-order chi connectivity index (χ1) is 8.91. The van der Waals surface area contributed by atoms with Crippen LogP contribution >= 0.6 is 0 Å². The number of hydrogen-bond acceptors (Lipinski definition) is 5. The van der Waals surface area contributed by atoms with Crippen LogP contribution in [-0.4, -0.2) is 39.0 Å². The molecule has 1 N–H and O–H groups in total. The Balaban J connectivity index is 2.53. The van der Waals surface area contributed by atoms with E-state index >= 15 is 0 Å². The Morgan fingerprint density at radius 3 is 2.74 bits per heavy atom. The van der Waals surface area contributed by atoms with Crippen LogP contribution in [0.15, 0.2) is 6.20 Å². The first-order valence-electron chi connectivity index (χ1n) is 5.94. The van der Waals surface area contributed by atoms with Crippen molar-refractivity contribution in [2.45, 2.75) is 26.8 Å². The number of rotatable bonds is 8. The Kier molecular flexibility index (Phi) is 5.43. The fourth-order valence-electron chi connectivity index (χ4n) is 1.39. The lowest BCUT2D eigenvalue weighted by Gasteiger charge is -2.06. The van der Waals surface area contributed by atoms with E-state index in [1.165, 1.54) is 4.68 Å². The average molecular weight is 271 g/mol. The Morgan fingerprint density at radius 2 is 2.26 bits per heavy atom. The number of hydrogen-bond donors (Lipinski definition) is 1. The van der Waals surface area contributed by atoms with Gasteiger partial charge in [0, 0.05) is 6.61 Å². The molecule has 1 heterocycles. The minimum Gasteiger partial charge on any atom is -0.476 e. The second kappa shape index (κ2) is 6.83. The van der Waals surface area contributed by atoms with Gasteiger partial charge in [0.2, 0.25) is 5.69 Å². The predicted octanol–water partition coefficient (Wildman–Crippen LogP) is 1.55. The van der Waals surface area contributed by atoms with Gasteiger partial charge in [-0.1, -0.05) is 13.8 Å². The van der Waals surface area contributed by atoms with Gasteiger partial charge in [0.25, 0.3) is 0 Å². The second-order valence-electron chi connectivity index (χ2n) is 4.48. The number of nitro groups is 1. The van der Waals surface area contributed by atoms with Crippen molar-refractivity contribution in [3.63, 3.8) is 0 Å². The third-order valence-electron chi connectivity index (χ3n) is 2.45. The molecule has 0 saturated carbocycles. The SMILES string of the molecule is CC(C)CCOCCn1cc([N+](=O)[O-])c(C(=O)O)n1. The fourth-order valence-corrected chi connectivity index (χ4v) is 1.39. The first-order valence-corrected chi connectivity index (χ1v) is 5.94. The molecule has 1 rings (SSSR count). The van der Waals surface area contributed by atoms with E-state index in [1.807, 2.05) is 0 Å². The van der Waals surface area contributed by atoms with Gasteiger partial charge in [0.1, 0.15) is 6.20 Å². The van der Waals surface area contributed by atoms with E-state index in [-0.39, 0.29) is 6.54 Å². The molecule has 8 heteroatoms. The van der Waals surface area contributed by atoms with E-state index in [1.54, 1.807) is 0 Å². The van der Waals surface area contributed by atoms with E-state index in [4.69, 9.17) is 9.84 Å². The predicted molar refractivity (Wildman–Crippen MR) is 66.1 cm³/mol. The van der Waals surface area contributed by atoms with Crippen molar-refractivity contribution in [1.82, 2.24) is 9.78 Å². The van der Waals surface area contributed by atoms with Crippen LogP contribution in [0.3, 0.4) is 0 Å². The molecule has 0 aliphatic heterocycles. The highest BCUT2D eigenvalue weighted by Crippen LogP contribution is 2.16. The quantitative estimate of drug-likeness (QED) is 0.436. The summed E-state index contributed by atoms with van der Waals surface area (Å²) in [5.74, 6) is -0.865. The zero-order valence-corrected chi connectivity index (χ0v) is 10.9. The van der Waals surface area contributed by atoms with Gasteiger partial charge < -0.3 is 9.84 Å². The molecule has 0 aliphatic carbocycles. The van der Waals surface area contributed by atoms with Crippen LogP contribution in [0.4, 0.5) is 5.69 Å². The van der Waals surface area contributed by atoms with Gasteiger partial charge in [-0.2, -0.15) is 5.10 Å². The van der Waals surface area contributed by atoms with Crippen molar-refractivity contribution in [3.05, 3.63) is 22.0 Å². The summed E-state index contributed by atoms with van der Waals surface area (Å²) in [6.45, 7) is 5.39. The van der Waals surface area contributed by atoms with Crippen LogP contribution in [0.1, 0.15) is 30.8 Å². The lowest BCUT2D eigenvalue weighted by molar-refractivity contribution is -0.385. The molecule has 0 atom stereocenters. The van der Waals surface area contributed by atoms with Gasteiger partial charge >= 0.3 is 11.7 Å². The highest BCUT2D eigenvalue weighted by atomic mass is 16.6. The molecule has 0 fully saturated rings. The molecule has 0 aromatic carbocycles. The van der Waals surface area contributed by atoms with Crippen LogP contribution in [0.25, 0.3) is 0 Å². The van der Waals surface area contributed by atoms with Gasteiger partial charge in [0.15, 0.2) is 0 Å². The summed E-state index contributed by atoms with van der Waals surface area (Å²) < 4.78 is 6.56. The second-order valence-corrected chi connectivity index (χ2v) is 4.48. The summed E-state index contributed by atoms with van der Waals surface area (Å²) in [6, 6.07) is 0. The van der Waals surface area contributed by atoms with Crippen molar-refractivity contribution in [2.75, 3.05) is 13.2 Å². The largest absolute Gasteiger partial charge is 0.476 e. The molecule has 8 nitrogen and oxygen atoms in total. The van der Waals surface area contributed by atoms with Gasteiger partial charge in [-0.3, -0.25) is 14.8 Å². The Morgan fingerprint density at radius 1 is 1.58 bits per heavy atom. The number of carbonyl (C=O) groups is 1. The molecule has 0 saturated heterocycles. The zero-order chi connectivity index (χ0) is 14.4. The molecule has 0 aliphatic rings. The molecule has 19 heavy (non-hydrogen) atoms. The smallest absolute Gasteiger partial charge is 0.363 e. The molecular weight excluding hydrogens is 254 g/mol. The summed E-state index contributed by atoms with van der Waals surface area (Å²) >= 11 is 0. The topological polar surface area (TPSA) is 107 Å². The molecule has 106 valence electrons. The van der Waals surface area contributed by atoms with Crippen LogP contribution in [0.2, 0.25) is 0 Å². The van der Waals surface area contributed by atoms with Crippen molar-refractivity contribution < 1.29 is 19.6 Å². The van der Waals surface area contributed by atoms with Crippen molar-refractivity contribution >= 4 is 11.7 Å². The number of aromatic carboxylic acids is 1. The molecule has 1 aromatic rings. The van der Waals surface area contributed by atoms with Crippen molar-refractivity contribution in [2.24, 2.45) is 5.92 Å². The average Bonchev–Trinajstić information content (AvgIpc) is 2.72. The highest BCUT2D eigenvalue weighted by Gasteiger charge is 2.24. The maximum atomic E-state index is 10.8. The number of nitrogens with zero attached hydrogens (tertiary/aromatic N) is 3. The Hall–Kier alpha value is -1.96. The van der Waals surface area contributed by atoms with E-state index in [9.17, 15) is 14.9 Å². The van der Waals surface area contributed by atoms with E-state index < -0.39 is 22.3 Å². The van der Waals surface area contributed by atoms with E-state index in [0.29, 0.717) is 19.1 Å². The van der Waals surface area contributed by atoms with Gasteiger partial charge in [0.05, 0.1) is 18.1 Å². The number of ether oxygens (including phenoxy) is 1. The molecule has 0 bridgehead atoms. The van der Waals surface area contributed by atoms with Crippen LogP contribution in [0, 0.1) is 16.0 Å². The van der Waals surface area contributed by atoms with Crippen molar-refractivity contribution in [1.29, 1.82) is 0 Å². The summed E-state index contributed by atoms with van der Waals surface area (Å²) in [7, 11) is 0. The lowest BCUT2D eigenvalue weighted by atomic mass is 10.1. The number of carboxylic acids is 1. The maximum Gasteiger partial charge on any atom is 0.363 e. The molecule has 0 radical (unpaired) electrons. The molecule has 0 amide bonds. The van der Waals surface area contributed by atoms with Crippen LogP contribution in [-0.2, 0) is 11.3 Å². The van der Waals surface area contributed by atoms with Crippen LogP contribution < -0.4 is 0 Å². The van der Waals surface area contributed by atoms with E-state index in [0.717, 1.165) is 12.6 Å². The third kappa shape index (κ3) is 4.66. The highest BCUT2D eigenvalue weighted by molar-refractivity contribution is 5.89. The number of carboxylic acid groups (broad SMARTS) is 1. The van der Waals surface area contributed by atoms with Gasteiger partial charge in [-0.05, 0) is 12.3 Å².